The summed E-state index contributed by atoms with van der Waals surface area (Å²) in [6.45, 7) is 0.663. The SMILES string of the molecule is N#Cc1ccc2[n+](c1)CC=CC2=O. The first-order chi connectivity index (χ1) is 6.31. The van der Waals surface area contributed by atoms with Crippen LogP contribution in [0.1, 0.15) is 16.1 Å². The van der Waals surface area contributed by atoms with Crippen LogP contribution in [0.4, 0.5) is 0 Å². The predicted octanol–water partition coefficient (Wildman–Crippen LogP) is 0.598. The fourth-order valence-corrected chi connectivity index (χ4v) is 1.34. The van der Waals surface area contributed by atoms with Crippen LogP contribution < -0.4 is 4.57 Å². The molecule has 0 spiro atoms. The molecule has 0 saturated heterocycles. The number of aromatic nitrogens is 1. The first-order valence-corrected chi connectivity index (χ1v) is 3.96. The third-order valence-electron chi connectivity index (χ3n) is 1.98. The predicted molar refractivity (Wildman–Crippen MR) is 44.8 cm³/mol. The lowest BCUT2D eigenvalue weighted by Crippen LogP contribution is -2.41. The van der Waals surface area contributed by atoms with E-state index in [1.165, 1.54) is 0 Å². The van der Waals surface area contributed by atoms with Crippen LogP contribution in [0.3, 0.4) is 0 Å². The summed E-state index contributed by atoms with van der Waals surface area (Å²) in [7, 11) is 0. The Labute approximate surface area is 75.5 Å². The molecule has 1 aliphatic rings. The fraction of sp³-hybridized carbons (Fsp3) is 0.100. The Morgan fingerprint density at radius 3 is 3.08 bits per heavy atom. The third-order valence-corrected chi connectivity index (χ3v) is 1.98. The highest BCUT2D eigenvalue weighted by atomic mass is 16.1. The Hall–Kier alpha value is -1.95. The number of hydrogen-bond acceptors (Lipinski definition) is 2. The molecule has 2 heterocycles. The molecule has 0 atom stereocenters. The van der Waals surface area contributed by atoms with E-state index in [4.69, 9.17) is 5.26 Å². The number of fused-ring (bicyclic) bond motifs is 1. The molecule has 2 rings (SSSR count). The van der Waals surface area contributed by atoms with Gasteiger partial charge in [0.25, 0.3) is 5.69 Å². The topological polar surface area (TPSA) is 44.7 Å². The summed E-state index contributed by atoms with van der Waals surface area (Å²) in [5, 5.41) is 8.64. The number of pyridine rings is 1. The second-order valence-electron chi connectivity index (χ2n) is 2.83. The summed E-state index contributed by atoms with van der Waals surface area (Å²) in [4.78, 5) is 11.3. The average molecular weight is 171 g/mol. The Kier molecular flexibility index (Phi) is 1.67. The molecule has 0 unspecified atom stereocenters. The van der Waals surface area contributed by atoms with Crippen LogP contribution in [-0.4, -0.2) is 5.78 Å². The second-order valence-corrected chi connectivity index (χ2v) is 2.83. The molecular formula is C10H7N2O+. The van der Waals surface area contributed by atoms with Gasteiger partial charge in [-0.15, -0.1) is 0 Å². The van der Waals surface area contributed by atoms with Gasteiger partial charge in [0.1, 0.15) is 11.6 Å². The largest absolute Gasteiger partial charge is 0.283 e. The highest BCUT2D eigenvalue weighted by molar-refractivity contribution is 6.02. The summed E-state index contributed by atoms with van der Waals surface area (Å²) in [6.07, 6.45) is 5.04. The molecular weight excluding hydrogens is 164 g/mol. The van der Waals surface area contributed by atoms with Gasteiger partial charge in [-0.05, 0) is 18.2 Å². The Bertz CT molecular complexity index is 441. The van der Waals surface area contributed by atoms with Crippen molar-refractivity contribution in [2.45, 2.75) is 6.54 Å². The van der Waals surface area contributed by atoms with Gasteiger partial charge < -0.3 is 0 Å². The summed E-state index contributed by atoms with van der Waals surface area (Å²) in [5.41, 5.74) is 1.22. The number of carbonyl (C=O) groups excluding carboxylic acids is 1. The zero-order valence-electron chi connectivity index (χ0n) is 6.90. The van der Waals surface area contributed by atoms with Crippen molar-refractivity contribution in [2.75, 3.05) is 0 Å². The molecule has 13 heavy (non-hydrogen) atoms. The third kappa shape index (κ3) is 1.23. The lowest BCUT2D eigenvalue weighted by molar-refractivity contribution is -0.689. The molecule has 62 valence electrons. The van der Waals surface area contributed by atoms with E-state index in [2.05, 4.69) is 0 Å². The van der Waals surface area contributed by atoms with Gasteiger partial charge in [0.15, 0.2) is 12.7 Å². The number of carbonyl (C=O) groups is 1. The van der Waals surface area contributed by atoms with Gasteiger partial charge >= 0.3 is 0 Å². The molecule has 0 radical (unpaired) electrons. The summed E-state index contributed by atoms with van der Waals surface area (Å²) in [6, 6.07) is 5.38. The summed E-state index contributed by atoms with van der Waals surface area (Å²) < 4.78 is 1.78. The molecule has 0 amide bonds. The van der Waals surface area contributed by atoms with Crippen molar-refractivity contribution in [3.63, 3.8) is 0 Å². The van der Waals surface area contributed by atoms with Crippen molar-refractivity contribution in [3.8, 4) is 6.07 Å². The molecule has 0 aliphatic carbocycles. The fourth-order valence-electron chi connectivity index (χ4n) is 1.34. The maximum atomic E-state index is 11.3. The normalized spacial score (nSPS) is 13.6. The van der Waals surface area contributed by atoms with E-state index < -0.39 is 0 Å². The molecule has 1 aliphatic heterocycles. The number of nitrogens with zero attached hydrogens (tertiary/aromatic N) is 2. The maximum Gasteiger partial charge on any atom is 0.253 e. The smallest absolute Gasteiger partial charge is 0.253 e. The van der Waals surface area contributed by atoms with Crippen LogP contribution in [0.5, 0.6) is 0 Å². The van der Waals surface area contributed by atoms with Gasteiger partial charge in [-0.1, -0.05) is 0 Å². The first kappa shape index (κ1) is 7.69. The van der Waals surface area contributed by atoms with Crippen LogP contribution in [0.25, 0.3) is 0 Å². The molecule has 1 aromatic rings. The Balaban J connectivity index is 2.57. The van der Waals surface area contributed by atoms with Gasteiger partial charge in [0, 0.05) is 6.07 Å². The lowest BCUT2D eigenvalue weighted by Gasteiger charge is -2.02. The van der Waals surface area contributed by atoms with Crippen LogP contribution in [-0.2, 0) is 6.54 Å². The van der Waals surface area contributed by atoms with Crippen molar-refractivity contribution in [2.24, 2.45) is 0 Å². The molecule has 0 fully saturated rings. The molecule has 0 aromatic carbocycles. The number of nitriles is 1. The maximum absolute atomic E-state index is 11.3. The zero-order valence-corrected chi connectivity index (χ0v) is 6.90. The van der Waals surface area contributed by atoms with Crippen LogP contribution in [0.15, 0.2) is 30.5 Å². The van der Waals surface area contributed by atoms with Gasteiger partial charge in [-0.3, -0.25) is 4.79 Å². The van der Waals surface area contributed by atoms with Crippen molar-refractivity contribution in [3.05, 3.63) is 41.7 Å². The highest BCUT2D eigenvalue weighted by Gasteiger charge is 2.19. The van der Waals surface area contributed by atoms with Crippen LogP contribution in [0.2, 0.25) is 0 Å². The van der Waals surface area contributed by atoms with Gasteiger partial charge in [-0.2, -0.15) is 9.83 Å². The second kappa shape index (κ2) is 2.83. The van der Waals surface area contributed by atoms with E-state index >= 15 is 0 Å². The van der Waals surface area contributed by atoms with E-state index in [-0.39, 0.29) is 5.78 Å². The molecule has 1 aromatic heterocycles. The van der Waals surface area contributed by atoms with Crippen molar-refractivity contribution in [1.82, 2.24) is 0 Å². The first-order valence-electron chi connectivity index (χ1n) is 3.96. The minimum absolute atomic E-state index is 0.00394. The summed E-state index contributed by atoms with van der Waals surface area (Å²) in [5.74, 6) is -0.00394. The van der Waals surface area contributed by atoms with E-state index in [0.29, 0.717) is 17.8 Å². The van der Waals surface area contributed by atoms with Gasteiger partial charge in [-0.25, -0.2) is 0 Å². The minimum atomic E-state index is -0.00394. The molecule has 0 bridgehead atoms. The number of allylic oxidation sites excluding steroid dienone is 2. The minimum Gasteiger partial charge on any atom is -0.283 e. The Morgan fingerprint density at radius 2 is 2.31 bits per heavy atom. The lowest BCUT2D eigenvalue weighted by atomic mass is 10.1. The number of ketones is 1. The van der Waals surface area contributed by atoms with E-state index in [9.17, 15) is 4.79 Å². The van der Waals surface area contributed by atoms with Crippen molar-refractivity contribution >= 4 is 5.78 Å². The molecule has 3 nitrogen and oxygen atoms in total. The van der Waals surface area contributed by atoms with Crippen LogP contribution in [0, 0.1) is 11.3 Å². The number of hydrogen-bond donors (Lipinski definition) is 0. The monoisotopic (exact) mass is 171 g/mol. The molecule has 0 N–H and O–H groups in total. The van der Waals surface area contributed by atoms with Crippen molar-refractivity contribution < 1.29 is 9.36 Å². The van der Waals surface area contributed by atoms with Crippen molar-refractivity contribution in [1.29, 1.82) is 5.26 Å². The van der Waals surface area contributed by atoms with Gasteiger partial charge in [0.05, 0.1) is 0 Å². The molecule has 0 saturated carbocycles. The van der Waals surface area contributed by atoms with E-state index in [1.54, 1.807) is 35.0 Å². The van der Waals surface area contributed by atoms with Gasteiger partial charge in [0.2, 0.25) is 5.78 Å². The van der Waals surface area contributed by atoms with Crippen LogP contribution >= 0.6 is 0 Å². The summed E-state index contributed by atoms with van der Waals surface area (Å²) >= 11 is 0. The number of rotatable bonds is 0. The Morgan fingerprint density at radius 1 is 1.46 bits per heavy atom. The van der Waals surface area contributed by atoms with E-state index in [0.717, 1.165) is 0 Å². The molecule has 3 heteroatoms. The zero-order chi connectivity index (χ0) is 9.26. The average Bonchev–Trinajstić information content (AvgIpc) is 2.18. The van der Waals surface area contributed by atoms with E-state index in [1.807, 2.05) is 6.07 Å². The standard InChI is InChI=1S/C10H7N2O/c11-6-8-3-4-9-10(13)2-1-5-12(9)7-8/h1-4,7H,5H2/q+1. The quantitative estimate of drug-likeness (QED) is 0.536. The highest BCUT2D eigenvalue weighted by Crippen LogP contribution is 2.02.